The second-order valence-corrected chi connectivity index (χ2v) is 5.38. The van der Waals surface area contributed by atoms with Crippen LogP contribution >= 0.6 is 0 Å². The van der Waals surface area contributed by atoms with E-state index in [1.807, 2.05) is 11.9 Å². The Hall–Kier alpha value is -0.610. The van der Waals surface area contributed by atoms with Gasteiger partial charge in [0.1, 0.15) is 0 Å². The molecule has 0 aromatic heterocycles. The predicted octanol–water partition coefficient (Wildman–Crippen LogP) is 0.914. The first-order valence-corrected chi connectivity index (χ1v) is 6.74. The van der Waals surface area contributed by atoms with Gasteiger partial charge in [0.2, 0.25) is 5.91 Å². The van der Waals surface area contributed by atoms with Gasteiger partial charge in [-0.3, -0.25) is 9.69 Å². The van der Waals surface area contributed by atoms with Crippen LogP contribution < -0.4 is 5.73 Å². The van der Waals surface area contributed by atoms with E-state index in [1.165, 1.54) is 12.8 Å². The van der Waals surface area contributed by atoms with Crippen LogP contribution in [0.3, 0.4) is 0 Å². The van der Waals surface area contributed by atoms with E-state index < -0.39 is 0 Å². The minimum Gasteiger partial charge on any atom is -0.345 e. The van der Waals surface area contributed by atoms with Crippen molar-refractivity contribution in [1.82, 2.24) is 9.80 Å². The number of hydrogen-bond donors (Lipinski definition) is 1. The van der Waals surface area contributed by atoms with Crippen molar-refractivity contribution in [3.8, 4) is 0 Å². The molecular weight excluding hydrogens is 214 g/mol. The summed E-state index contributed by atoms with van der Waals surface area (Å²) in [7, 11) is 1.87. The summed E-state index contributed by atoms with van der Waals surface area (Å²) in [6.45, 7) is 7.55. The molecule has 0 radical (unpaired) electrons. The Morgan fingerprint density at radius 2 is 2.24 bits per heavy atom. The van der Waals surface area contributed by atoms with Gasteiger partial charge >= 0.3 is 0 Å². The fraction of sp³-hybridized carbons (Fsp3) is 0.923. The van der Waals surface area contributed by atoms with Crippen molar-refractivity contribution in [2.45, 2.75) is 39.2 Å². The van der Waals surface area contributed by atoms with Crippen molar-refractivity contribution >= 4 is 5.91 Å². The molecule has 100 valence electrons. The maximum Gasteiger partial charge on any atom is 0.236 e. The highest BCUT2D eigenvalue weighted by atomic mass is 16.2. The second kappa shape index (κ2) is 6.97. The Kier molecular flexibility index (Phi) is 5.92. The number of hydrogen-bond acceptors (Lipinski definition) is 3. The molecule has 0 saturated carbocycles. The van der Waals surface area contributed by atoms with Crippen LogP contribution in [0.5, 0.6) is 0 Å². The molecule has 0 aromatic carbocycles. The van der Waals surface area contributed by atoms with Crippen LogP contribution in [0.25, 0.3) is 0 Å². The summed E-state index contributed by atoms with van der Waals surface area (Å²) >= 11 is 0. The quantitative estimate of drug-likeness (QED) is 0.752. The highest BCUT2D eigenvalue weighted by Gasteiger charge is 2.28. The Balaban J connectivity index is 2.39. The standard InChI is InChI=1S/C13H27N3O/c1-11(2)12-6-4-9-16(12)10-13(17)15(3)8-5-7-14/h11-12H,4-10,14H2,1-3H3. The molecule has 1 amide bonds. The summed E-state index contributed by atoms with van der Waals surface area (Å²) in [6, 6.07) is 0.585. The zero-order valence-electron chi connectivity index (χ0n) is 11.5. The number of nitrogens with two attached hydrogens (primary N) is 1. The maximum atomic E-state index is 12.0. The zero-order valence-corrected chi connectivity index (χ0v) is 11.5. The monoisotopic (exact) mass is 241 g/mol. The van der Waals surface area contributed by atoms with Gasteiger partial charge in [0, 0.05) is 19.6 Å². The van der Waals surface area contributed by atoms with Crippen molar-refractivity contribution in [2.24, 2.45) is 11.7 Å². The van der Waals surface area contributed by atoms with Crippen molar-refractivity contribution in [3.63, 3.8) is 0 Å². The van der Waals surface area contributed by atoms with Gasteiger partial charge in [-0.1, -0.05) is 13.8 Å². The van der Waals surface area contributed by atoms with Gasteiger partial charge in [0.25, 0.3) is 0 Å². The second-order valence-electron chi connectivity index (χ2n) is 5.38. The van der Waals surface area contributed by atoms with E-state index in [9.17, 15) is 4.79 Å². The maximum absolute atomic E-state index is 12.0. The van der Waals surface area contributed by atoms with Gasteiger partial charge in [0.15, 0.2) is 0 Å². The summed E-state index contributed by atoms with van der Waals surface area (Å²) in [5.74, 6) is 0.866. The largest absolute Gasteiger partial charge is 0.345 e. The fourth-order valence-electron chi connectivity index (χ4n) is 2.55. The lowest BCUT2D eigenvalue weighted by Gasteiger charge is -2.28. The fourth-order valence-corrected chi connectivity index (χ4v) is 2.55. The zero-order chi connectivity index (χ0) is 12.8. The molecule has 1 atom stereocenters. The van der Waals surface area contributed by atoms with E-state index in [0.717, 1.165) is 19.5 Å². The Bertz CT molecular complexity index is 243. The highest BCUT2D eigenvalue weighted by Crippen LogP contribution is 2.23. The van der Waals surface area contributed by atoms with Gasteiger partial charge in [-0.15, -0.1) is 0 Å². The van der Waals surface area contributed by atoms with E-state index >= 15 is 0 Å². The first-order valence-electron chi connectivity index (χ1n) is 6.74. The summed E-state index contributed by atoms with van der Waals surface area (Å²) in [6.07, 6.45) is 3.34. The molecule has 2 N–H and O–H groups in total. The number of carbonyl (C=O) groups excluding carboxylic acids is 1. The summed E-state index contributed by atoms with van der Waals surface area (Å²) in [5.41, 5.74) is 5.45. The van der Waals surface area contributed by atoms with Gasteiger partial charge in [-0.25, -0.2) is 0 Å². The van der Waals surface area contributed by atoms with Gasteiger partial charge < -0.3 is 10.6 Å². The van der Waals surface area contributed by atoms with Crippen LogP contribution in [0.1, 0.15) is 33.1 Å². The van der Waals surface area contributed by atoms with Crippen LogP contribution in [0.2, 0.25) is 0 Å². The molecule has 0 aliphatic carbocycles. The highest BCUT2D eigenvalue weighted by molar-refractivity contribution is 5.78. The third-order valence-corrected chi connectivity index (χ3v) is 3.65. The molecule has 4 heteroatoms. The summed E-state index contributed by atoms with van der Waals surface area (Å²) in [5, 5.41) is 0. The minimum absolute atomic E-state index is 0.228. The predicted molar refractivity (Wildman–Crippen MR) is 70.7 cm³/mol. The molecule has 0 aromatic rings. The molecule has 0 spiro atoms. The lowest BCUT2D eigenvalue weighted by atomic mass is 10.0. The van der Waals surface area contributed by atoms with E-state index in [-0.39, 0.29) is 5.91 Å². The van der Waals surface area contributed by atoms with Crippen molar-refractivity contribution in [3.05, 3.63) is 0 Å². The van der Waals surface area contributed by atoms with Gasteiger partial charge in [0.05, 0.1) is 6.54 Å². The van der Waals surface area contributed by atoms with E-state index in [4.69, 9.17) is 5.73 Å². The molecule has 1 rings (SSSR count). The Labute approximate surface area is 105 Å². The minimum atomic E-state index is 0.228. The summed E-state index contributed by atoms with van der Waals surface area (Å²) < 4.78 is 0. The van der Waals surface area contributed by atoms with E-state index in [2.05, 4.69) is 18.7 Å². The number of carbonyl (C=O) groups is 1. The molecule has 1 saturated heterocycles. The molecule has 1 heterocycles. The van der Waals surface area contributed by atoms with Crippen LogP contribution in [-0.2, 0) is 4.79 Å². The molecule has 1 fully saturated rings. The lowest BCUT2D eigenvalue weighted by Crippen LogP contribution is -2.42. The summed E-state index contributed by atoms with van der Waals surface area (Å²) in [4.78, 5) is 16.2. The number of likely N-dealkylation sites (tertiary alicyclic amines) is 1. The number of rotatable bonds is 6. The van der Waals surface area contributed by atoms with E-state index in [0.29, 0.717) is 25.0 Å². The first-order chi connectivity index (χ1) is 8.06. The Morgan fingerprint density at radius 3 is 2.82 bits per heavy atom. The van der Waals surface area contributed by atoms with Gasteiger partial charge in [-0.05, 0) is 38.3 Å². The Morgan fingerprint density at radius 1 is 1.53 bits per heavy atom. The molecule has 17 heavy (non-hydrogen) atoms. The average Bonchev–Trinajstić information content (AvgIpc) is 2.73. The van der Waals surface area contributed by atoms with E-state index in [1.54, 1.807) is 0 Å². The third-order valence-electron chi connectivity index (χ3n) is 3.65. The number of nitrogens with zero attached hydrogens (tertiary/aromatic N) is 2. The topological polar surface area (TPSA) is 49.6 Å². The average molecular weight is 241 g/mol. The number of likely N-dealkylation sites (N-methyl/N-ethyl adjacent to an activating group) is 1. The van der Waals surface area contributed by atoms with Crippen molar-refractivity contribution in [1.29, 1.82) is 0 Å². The first kappa shape index (κ1) is 14.5. The SMILES string of the molecule is CC(C)C1CCCN1CC(=O)N(C)CCCN. The number of amides is 1. The molecular formula is C13H27N3O. The van der Waals surface area contributed by atoms with Crippen LogP contribution in [0, 0.1) is 5.92 Å². The van der Waals surface area contributed by atoms with Gasteiger partial charge in [-0.2, -0.15) is 0 Å². The van der Waals surface area contributed by atoms with Crippen LogP contribution in [0.4, 0.5) is 0 Å². The normalized spacial score (nSPS) is 21.1. The molecule has 1 aliphatic rings. The smallest absolute Gasteiger partial charge is 0.236 e. The van der Waals surface area contributed by atoms with Crippen LogP contribution in [-0.4, -0.2) is 55.0 Å². The molecule has 4 nitrogen and oxygen atoms in total. The third kappa shape index (κ3) is 4.28. The van der Waals surface area contributed by atoms with Crippen LogP contribution in [0.15, 0.2) is 0 Å². The van der Waals surface area contributed by atoms with Crippen molar-refractivity contribution in [2.75, 3.05) is 33.2 Å². The molecule has 1 aliphatic heterocycles. The molecule has 0 bridgehead atoms. The molecule has 1 unspecified atom stereocenters. The van der Waals surface area contributed by atoms with Crippen molar-refractivity contribution < 1.29 is 4.79 Å². The lowest BCUT2D eigenvalue weighted by molar-refractivity contribution is -0.131.